The van der Waals surface area contributed by atoms with Gasteiger partial charge in [0.2, 0.25) is 0 Å². The van der Waals surface area contributed by atoms with E-state index < -0.39 is 0 Å². The average molecular weight is 151 g/mol. The minimum absolute atomic E-state index is 0.393. The number of ether oxygens (including phenoxy) is 1. The van der Waals surface area contributed by atoms with Crippen LogP contribution in [-0.2, 0) is 11.3 Å². The quantitative estimate of drug-likeness (QED) is 0.476. The maximum absolute atomic E-state index is 5.70. The summed E-state index contributed by atoms with van der Waals surface area (Å²) < 4.78 is 7.09. The lowest BCUT2D eigenvalue weighted by Crippen LogP contribution is -2.38. The molecule has 0 radical (unpaired) electrons. The van der Waals surface area contributed by atoms with Crippen molar-refractivity contribution in [2.45, 2.75) is 12.6 Å². The van der Waals surface area contributed by atoms with Crippen molar-refractivity contribution in [2.24, 2.45) is 0 Å². The van der Waals surface area contributed by atoms with E-state index >= 15 is 0 Å². The molecule has 3 nitrogen and oxygen atoms in total. The lowest BCUT2D eigenvalue weighted by atomic mass is 10.4. The number of hydrogen-bond acceptors (Lipinski definition) is 2. The number of anilines is 1. The van der Waals surface area contributed by atoms with Gasteiger partial charge in [-0.25, -0.2) is 4.57 Å². The van der Waals surface area contributed by atoms with Gasteiger partial charge in [0.05, 0.1) is 12.8 Å². The molecule has 1 aliphatic heterocycles. The van der Waals surface area contributed by atoms with Crippen LogP contribution < -0.4 is 10.3 Å². The van der Waals surface area contributed by atoms with Crippen molar-refractivity contribution in [3.05, 3.63) is 24.4 Å². The van der Waals surface area contributed by atoms with E-state index in [0.29, 0.717) is 6.10 Å². The van der Waals surface area contributed by atoms with Crippen LogP contribution in [0.4, 0.5) is 5.82 Å². The SMILES string of the molecule is Nc1cccc[n+]1CC1CO1. The van der Waals surface area contributed by atoms with Crippen LogP contribution in [0, 0.1) is 0 Å². The minimum Gasteiger partial charge on any atom is -0.369 e. The zero-order valence-electron chi connectivity index (χ0n) is 6.23. The van der Waals surface area contributed by atoms with Crippen LogP contribution in [0.3, 0.4) is 0 Å². The highest BCUT2D eigenvalue weighted by Gasteiger charge is 2.25. The van der Waals surface area contributed by atoms with Gasteiger partial charge >= 0.3 is 0 Å². The van der Waals surface area contributed by atoms with Gasteiger partial charge in [0.1, 0.15) is 12.6 Å². The Morgan fingerprint density at radius 3 is 3.09 bits per heavy atom. The Balaban J connectivity index is 2.15. The van der Waals surface area contributed by atoms with Crippen molar-refractivity contribution in [3.63, 3.8) is 0 Å². The fourth-order valence-electron chi connectivity index (χ4n) is 1.05. The molecule has 1 saturated heterocycles. The molecule has 1 aromatic heterocycles. The summed E-state index contributed by atoms with van der Waals surface area (Å²) in [6, 6.07) is 5.79. The van der Waals surface area contributed by atoms with E-state index in [9.17, 15) is 0 Å². The summed E-state index contributed by atoms with van der Waals surface area (Å²) in [5, 5.41) is 0. The maximum atomic E-state index is 5.70. The maximum Gasteiger partial charge on any atom is 0.272 e. The van der Waals surface area contributed by atoms with Gasteiger partial charge in [-0.15, -0.1) is 0 Å². The highest BCUT2D eigenvalue weighted by Crippen LogP contribution is 2.08. The standard InChI is InChI=1S/C8H10N2O/c9-8-3-1-2-4-10(8)5-7-6-11-7/h1-4,7,9H,5-6H2/p+1. The van der Waals surface area contributed by atoms with E-state index in [2.05, 4.69) is 0 Å². The highest BCUT2D eigenvalue weighted by molar-refractivity contribution is 5.18. The number of nitrogen functional groups attached to an aromatic ring is 1. The molecule has 0 bridgehead atoms. The van der Waals surface area contributed by atoms with Crippen molar-refractivity contribution >= 4 is 5.82 Å². The molecule has 1 fully saturated rings. The summed E-state index contributed by atoms with van der Waals surface area (Å²) in [6.07, 6.45) is 2.36. The molecular weight excluding hydrogens is 140 g/mol. The van der Waals surface area contributed by atoms with Crippen LogP contribution in [0.5, 0.6) is 0 Å². The van der Waals surface area contributed by atoms with Gasteiger partial charge in [0.25, 0.3) is 5.82 Å². The summed E-state index contributed by atoms with van der Waals surface area (Å²) in [5.41, 5.74) is 5.70. The van der Waals surface area contributed by atoms with Crippen LogP contribution in [0.25, 0.3) is 0 Å². The summed E-state index contributed by atoms with van der Waals surface area (Å²) in [7, 11) is 0. The molecular formula is C8H11N2O+. The number of pyridine rings is 1. The van der Waals surface area contributed by atoms with Crippen molar-refractivity contribution < 1.29 is 9.30 Å². The molecule has 11 heavy (non-hydrogen) atoms. The number of nitrogens with two attached hydrogens (primary N) is 1. The van der Waals surface area contributed by atoms with Gasteiger partial charge in [0.15, 0.2) is 0 Å². The Morgan fingerprint density at radius 2 is 2.45 bits per heavy atom. The van der Waals surface area contributed by atoms with Crippen LogP contribution in [0.15, 0.2) is 24.4 Å². The normalized spacial score (nSPS) is 21.6. The minimum atomic E-state index is 0.393. The Kier molecular flexibility index (Phi) is 1.51. The van der Waals surface area contributed by atoms with Crippen molar-refractivity contribution in [1.82, 2.24) is 0 Å². The zero-order chi connectivity index (χ0) is 7.68. The number of aromatic nitrogens is 1. The first kappa shape index (κ1) is 6.61. The lowest BCUT2D eigenvalue weighted by Gasteiger charge is -1.97. The highest BCUT2D eigenvalue weighted by atomic mass is 16.6. The van der Waals surface area contributed by atoms with Crippen LogP contribution >= 0.6 is 0 Å². The second kappa shape index (κ2) is 2.51. The number of hydrogen-bond donors (Lipinski definition) is 1. The first-order valence-corrected chi connectivity index (χ1v) is 3.72. The van der Waals surface area contributed by atoms with Crippen molar-refractivity contribution in [1.29, 1.82) is 0 Å². The summed E-state index contributed by atoms with van der Waals surface area (Å²) in [4.78, 5) is 0. The molecule has 1 aliphatic rings. The second-order valence-electron chi connectivity index (χ2n) is 2.73. The van der Waals surface area contributed by atoms with E-state index in [1.165, 1.54) is 0 Å². The van der Waals surface area contributed by atoms with Crippen molar-refractivity contribution in [2.75, 3.05) is 12.3 Å². The largest absolute Gasteiger partial charge is 0.369 e. The van der Waals surface area contributed by atoms with Gasteiger partial charge < -0.3 is 4.74 Å². The molecule has 0 aromatic carbocycles. The molecule has 3 heteroatoms. The first-order chi connectivity index (χ1) is 5.36. The molecule has 1 unspecified atom stereocenters. The van der Waals surface area contributed by atoms with Crippen LogP contribution in [0.1, 0.15) is 0 Å². The van der Waals surface area contributed by atoms with Crippen molar-refractivity contribution in [3.8, 4) is 0 Å². The van der Waals surface area contributed by atoms with E-state index in [-0.39, 0.29) is 0 Å². The van der Waals surface area contributed by atoms with Gasteiger partial charge in [0, 0.05) is 6.07 Å². The van der Waals surface area contributed by atoms with E-state index in [0.717, 1.165) is 19.0 Å². The molecule has 0 spiro atoms. The summed E-state index contributed by atoms with van der Waals surface area (Å²) >= 11 is 0. The molecule has 2 N–H and O–H groups in total. The average Bonchev–Trinajstić information content (AvgIpc) is 2.78. The Hall–Kier alpha value is -1.09. The molecule has 2 heterocycles. The molecule has 2 rings (SSSR count). The smallest absolute Gasteiger partial charge is 0.272 e. The summed E-state index contributed by atoms with van der Waals surface area (Å²) in [6.45, 7) is 1.76. The zero-order valence-corrected chi connectivity index (χ0v) is 6.23. The molecule has 1 atom stereocenters. The monoisotopic (exact) mass is 151 g/mol. The molecule has 58 valence electrons. The third-order valence-corrected chi connectivity index (χ3v) is 1.78. The molecule has 0 amide bonds. The topological polar surface area (TPSA) is 42.4 Å². The molecule has 0 saturated carbocycles. The van der Waals surface area contributed by atoms with Gasteiger partial charge in [-0.05, 0) is 6.07 Å². The Labute approximate surface area is 65.4 Å². The van der Waals surface area contributed by atoms with E-state index in [1.807, 2.05) is 29.0 Å². The van der Waals surface area contributed by atoms with Crippen LogP contribution in [0.2, 0.25) is 0 Å². The Morgan fingerprint density at radius 1 is 1.64 bits per heavy atom. The predicted octanol–water partition coefficient (Wildman–Crippen LogP) is -0.0449. The fraction of sp³-hybridized carbons (Fsp3) is 0.375. The fourth-order valence-corrected chi connectivity index (χ4v) is 1.05. The Bertz CT molecular complexity index is 258. The first-order valence-electron chi connectivity index (χ1n) is 3.72. The van der Waals surface area contributed by atoms with E-state index in [4.69, 9.17) is 10.5 Å². The lowest BCUT2D eigenvalue weighted by molar-refractivity contribution is -0.684. The number of rotatable bonds is 2. The van der Waals surface area contributed by atoms with Crippen LogP contribution in [-0.4, -0.2) is 12.7 Å². The third-order valence-electron chi connectivity index (χ3n) is 1.78. The van der Waals surface area contributed by atoms with E-state index in [1.54, 1.807) is 0 Å². The number of epoxide rings is 1. The third kappa shape index (κ3) is 1.49. The molecule has 1 aromatic rings. The van der Waals surface area contributed by atoms with Gasteiger partial charge in [-0.3, -0.25) is 5.73 Å². The predicted molar refractivity (Wildman–Crippen MR) is 40.8 cm³/mol. The number of nitrogens with zero attached hydrogens (tertiary/aromatic N) is 1. The van der Waals surface area contributed by atoms with Gasteiger partial charge in [-0.1, -0.05) is 6.07 Å². The summed E-state index contributed by atoms with van der Waals surface area (Å²) in [5.74, 6) is 0.794. The molecule has 0 aliphatic carbocycles. The van der Waals surface area contributed by atoms with Gasteiger partial charge in [-0.2, -0.15) is 0 Å². The second-order valence-corrected chi connectivity index (χ2v) is 2.73.